The molecule has 0 heterocycles. The first-order valence-electron chi connectivity index (χ1n) is 3.67. The second-order valence-corrected chi connectivity index (χ2v) is 1.48. The van der Waals surface area contributed by atoms with Crippen molar-refractivity contribution in [3.05, 3.63) is 0 Å². The van der Waals surface area contributed by atoms with Gasteiger partial charge in [0.25, 0.3) is 0 Å². The topological polar surface area (TPSA) is 44.8 Å². The van der Waals surface area contributed by atoms with Crippen LogP contribution in [-0.4, -0.2) is 41.0 Å². The first-order valence-corrected chi connectivity index (χ1v) is 3.67. The van der Waals surface area contributed by atoms with Crippen molar-refractivity contribution in [1.82, 2.24) is 0 Å². The lowest BCUT2D eigenvalue weighted by Gasteiger charge is -1.87. The molecule has 0 amide bonds. The van der Waals surface area contributed by atoms with Crippen LogP contribution in [0.5, 0.6) is 0 Å². The highest BCUT2D eigenvalue weighted by Crippen LogP contribution is 1.64. The summed E-state index contributed by atoms with van der Waals surface area (Å²) in [5, 5.41) is 0. The Kier molecular flexibility index (Phi) is 45.8. The zero-order valence-electron chi connectivity index (χ0n) is 8.46. The highest BCUT2D eigenvalue weighted by Gasteiger charge is 1.64. The Bertz CT molecular complexity index is 40.3. The molecule has 0 aromatic rings. The van der Waals surface area contributed by atoms with E-state index in [9.17, 15) is 0 Å². The molecule has 4 nitrogen and oxygen atoms in total. The molecule has 0 aromatic heterocycles. The number of methoxy groups -OCH3 is 2. The average Bonchev–Trinajstić information content (AvgIpc) is 2.12. The van der Waals surface area contributed by atoms with Gasteiger partial charge in [-0.3, -0.25) is 0 Å². The van der Waals surface area contributed by atoms with Crippen molar-refractivity contribution in [2.75, 3.05) is 34.2 Å². The Morgan fingerprint density at radius 2 is 1.33 bits per heavy atom. The van der Waals surface area contributed by atoms with Crippen molar-refractivity contribution in [2.45, 2.75) is 13.8 Å². The number of carbonyl (C=O) groups excluding carboxylic acids is 1. The first kappa shape index (κ1) is 17.6. The number of ether oxygens (including phenoxy) is 3. The van der Waals surface area contributed by atoms with Crippen molar-refractivity contribution in [1.29, 1.82) is 0 Å². The summed E-state index contributed by atoms with van der Waals surface area (Å²) < 4.78 is 13.8. The summed E-state index contributed by atoms with van der Waals surface area (Å²) in [5.74, 6) is 0. The van der Waals surface area contributed by atoms with E-state index in [2.05, 4.69) is 9.47 Å². The van der Waals surface area contributed by atoms with Gasteiger partial charge in [0.05, 0.1) is 0 Å². The van der Waals surface area contributed by atoms with Gasteiger partial charge in [-0.1, -0.05) is 0 Å². The first-order chi connectivity index (χ1) is 5.83. The summed E-state index contributed by atoms with van der Waals surface area (Å²) in [6, 6.07) is 0. The third-order valence-electron chi connectivity index (χ3n) is 0.644. The van der Waals surface area contributed by atoms with Crippen LogP contribution in [0.4, 0.5) is 0 Å². The Morgan fingerprint density at radius 1 is 1.00 bits per heavy atom. The van der Waals surface area contributed by atoms with Crippen molar-refractivity contribution in [3.8, 4) is 0 Å². The number of hydrogen-bond acceptors (Lipinski definition) is 4. The maximum absolute atomic E-state index is 8.00. The predicted octanol–water partition coefficient (Wildman–Crippen LogP) is 1.09. The van der Waals surface area contributed by atoms with Gasteiger partial charge in [0.15, 0.2) is 0 Å². The zero-order valence-corrected chi connectivity index (χ0v) is 8.46. The van der Waals surface area contributed by atoms with Gasteiger partial charge in [0, 0.05) is 27.4 Å². The second kappa shape index (κ2) is 31.2. The van der Waals surface area contributed by atoms with E-state index in [4.69, 9.17) is 9.53 Å². The SMILES string of the molecule is C=O.CCOCC.COCOC. The molecule has 0 aliphatic heterocycles. The molecule has 0 bridgehead atoms. The summed E-state index contributed by atoms with van der Waals surface area (Å²) in [7, 11) is 3.17. The Balaban J connectivity index is -0.000000112. The molecular formula is C8H20O4. The van der Waals surface area contributed by atoms with Crippen molar-refractivity contribution >= 4 is 6.79 Å². The average molecular weight is 180 g/mol. The van der Waals surface area contributed by atoms with Gasteiger partial charge in [-0.25, -0.2) is 0 Å². The summed E-state index contributed by atoms with van der Waals surface area (Å²) >= 11 is 0. The van der Waals surface area contributed by atoms with E-state index in [0.717, 1.165) is 13.2 Å². The standard InChI is InChI=1S/C4H10O.C3H8O2.CH2O/c1-3-5-4-2;1-4-3-5-2;1-2/h3-4H2,1-2H3;3H2,1-2H3;1H2. The lowest BCUT2D eigenvalue weighted by Crippen LogP contribution is -1.87. The Hall–Kier alpha value is -0.450. The Labute approximate surface area is 74.8 Å². The summed E-state index contributed by atoms with van der Waals surface area (Å²) in [6.45, 7) is 8.06. The molecule has 0 N–H and O–H groups in total. The van der Waals surface area contributed by atoms with E-state index >= 15 is 0 Å². The van der Waals surface area contributed by atoms with Crippen LogP contribution >= 0.6 is 0 Å². The molecule has 0 aromatic carbocycles. The fourth-order valence-corrected chi connectivity index (χ4v) is 0.322. The summed E-state index contributed by atoms with van der Waals surface area (Å²) in [4.78, 5) is 8.00. The number of rotatable bonds is 4. The lowest BCUT2D eigenvalue weighted by molar-refractivity contribution is -0.0979. The van der Waals surface area contributed by atoms with Gasteiger partial charge in [-0.2, -0.15) is 0 Å². The van der Waals surface area contributed by atoms with Crippen LogP contribution in [0.15, 0.2) is 0 Å². The minimum atomic E-state index is 0.389. The van der Waals surface area contributed by atoms with Crippen LogP contribution < -0.4 is 0 Å². The van der Waals surface area contributed by atoms with E-state index in [-0.39, 0.29) is 0 Å². The van der Waals surface area contributed by atoms with Crippen molar-refractivity contribution < 1.29 is 19.0 Å². The fourth-order valence-electron chi connectivity index (χ4n) is 0.322. The third-order valence-corrected chi connectivity index (χ3v) is 0.644. The van der Waals surface area contributed by atoms with E-state index in [1.54, 1.807) is 14.2 Å². The minimum Gasteiger partial charge on any atom is -0.382 e. The minimum absolute atomic E-state index is 0.389. The van der Waals surface area contributed by atoms with Gasteiger partial charge < -0.3 is 19.0 Å². The van der Waals surface area contributed by atoms with Gasteiger partial charge >= 0.3 is 0 Å². The molecule has 76 valence electrons. The van der Waals surface area contributed by atoms with Crippen LogP contribution in [0.1, 0.15) is 13.8 Å². The molecule has 0 saturated carbocycles. The van der Waals surface area contributed by atoms with E-state index in [0.29, 0.717) is 6.79 Å². The molecule has 0 spiro atoms. The quantitative estimate of drug-likeness (QED) is 0.608. The van der Waals surface area contributed by atoms with Gasteiger partial charge in [0.1, 0.15) is 13.6 Å². The highest BCUT2D eigenvalue weighted by atomic mass is 16.6. The van der Waals surface area contributed by atoms with Crippen LogP contribution in [0.2, 0.25) is 0 Å². The largest absolute Gasteiger partial charge is 0.382 e. The summed E-state index contributed by atoms with van der Waals surface area (Å²) in [6.07, 6.45) is 0. The zero-order chi connectivity index (χ0) is 10.2. The molecule has 0 aliphatic carbocycles. The predicted molar refractivity (Wildman–Crippen MR) is 48.2 cm³/mol. The molecule has 0 fully saturated rings. The maximum Gasteiger partial charge on any atom is 0.145 e. The number of carbonyl (C=O) groups is 1. The molecule has 0 radical (unpaired) electrons. The van der Waals surface area contributed by atoms with Crippen LogP contribution in [0, 0.1) is 0 Å². The molecule has 0 atom stereocenters. The van der Waals surface area contributed by atoms with Gasteiger partial charge in [-0.15, -0.1) is 0 Å². The molecule has 0 unspecified atom stereocenters. The number of hydrogen-bond donors (Lipinski definition) is 0. The van der Waals surface area contributed by atoms with E-state index in [1.165, 1.54) is 0 Å². The smallest absolute Gasteiger partial charge is 0.145 e. The van der Waals surface area contributed by atoms with Crippen LogP contribution in [0.25, 0.3) is 0 Å². The molecule has 0 aliphatic rings. The Morgan fingerprint density at radius 3 is 1.33 bits per heavy atom. The molecule has 12 heavy (non-hydrogen) atoms. The molecule has 4 heteroatoms. The monoisotopic (exact) mass is 180 g/mol. The maximum atomic E-state index is 8.00. The second-order valence-electron chi connectivity index (χ2n) is 1.48. The normalized spacial score (nSPS) is 7.33. The van der Waals surface area contributed by atoms with Crippen LogP contribution in [-0.2, 0) is 19.0 Å². The van der Waals surface area contributed by atoms with Crippen LogP contribution in [0.3, 0.4) is 0 Å². The van der Waals surface area contributed by atoms with Gasteiger partial charge in [0.2, 0.25) is 0 Å². The fraction of sp³-hybridized carbons (Fsp3) is 0.875. The van der Waals surface area contributed by atoms with Crippen molar-refractivity contribution in [3.63, 3.8) is 0 Å². The third kappa shape index (κ3) is 55.4. The van der Waals surface area contributed by atoms with E-state index in [1.807, 2.05) is 20.6 Å². The molecular weight excluding hydrogens is 160 g/mol. The van der Waals surface area contributed by atoms with Crippen molar-refractivity contribution in [2.24, 2.45) is 0 Å². The summed E-state index contributed by atoms with van der Waals surface area (Å²) in [5.41, 5.74) is 0. The lowest BCUT2D eigenvalue weighted by atomic mass is 10.8. The van der Waals surface area contributed by atoms with Gasteiger partial charge in [-0.05, 0) is 13.8 Å². The van der Waals surface area contributed by atoms with E-state index < -0.39 is 0 Å². The molecule has 0 saturated heterocycles. The highest BCUT2D eigenvalue weighted by molar-refractivity contribution is 5.10. The molecule has 0 rings (SSSR count).